The maximum Gasteiger partial charge on any atom is 0.224 e. The second kappa shape index (κ2) is 7.94. The lowest BCUT2D eigenvalue weighted by atomic mass is 10.1. The number of sulfone groups is 1. The van der Waals surface area contributed by atoms with Crippen molar-refractivity contribution in [1.82, 2.24) is 0 Å². The van der Waals surface area contributed by atoms with Gasteiger partial charge in [-0.25, -0.2) is 8.42 Å². The van der Waals surface area contributed by atoms with Gasteiger partial charge in [0.25, 0.3) is 0 Å². The molecule has 0 heterocycles. The molecule has 0 unspecified atom stereocenters. The molecule has 132 valence electrons. The van der Waals surface area contributed by atoms with Crippen LogP contribution in [0.3, 0.4) is 0 Å². The number of aromatic hydroxyl groups is 1. The van der Waals surface area contributed by atoms with E-state index in [1.165, 1.54) is 25.1 Å². The molecule has 0 atom stereocenters. The van der Waals surface area contributed by atoms with Crippen LogP contribution in [0.25, 0.3) is 0 Å². The first-order valence-electron chi connectivity index (χ1n) is 7.77. The fourth-order valence-corrected chi connectivity index (χ4v) is 3.09. The predicted molar refractivity (Wildman–Crippen MR) is 94.5 cm³/mol. The van der Waals surface area contributed by atoms with Gasteiger partial charge >= 0.3 is 0 Å². The number of hydrogen-bond donors (Lipinski definition) is 2. The van der Waals surface area contributed by atoms with Crippen molar-refractivity contribution in [1.29, 1.82) is 0 Å². The van der Waals surface area contributed by atoms with Crippen LogP contribution in [-0.4, -0.2) is 31.0 Å². The molecule has 0 radical (unpaired) electrons. The fraction of sp³-hybridized carbons (Fsp3) is 0.222. The molecule has 2 aromatic carbocycles. The third-order valence-electron chi connectivity index (χ3n) is 3.66. The topological polar surface area (TPSA) is 101 Å². The van der Waals surface area contributed by atoms with Crippen molar-refractivity contribution in [2.75, 3.05) is 11.1 Å². The smallest absolute Gasteiger partial charge is 0.224 e. The van der Waals surface area contributed by atoms with Crippen molar-refractivity contribution in [2.24, 2.45) is 0 Å². The van der Waals surface area contributed by atoms with Crippen LogP contribution in [0.15, 0.2) is 53.4 Å². The van der Waals surface area contributed by atoms with Crippen LogP contribution in [0.2, 0.25) is 0 Å². The molecule has 0 spiro atoms. The molecule has 2 rings (SSSR count). The number of phenolic OH excluding ortho intramolecular Hbond substituents is 1. The Morgan fingerprint density at radius 2 is 1.72 bits per heavy atom. The number of anilines is 1. The number of hydrogen-bond acceptors (Lipinski definition) is 5. The number of Topliss-reactive ketones (excluding diaryl/α,β-unsaturated/α-hetero) is 1. The Bertz CT molecular complexity index is 876. The van der Waals surface area contributed by atoms with Gasteiger partial charge in [-0.1, -0.05) is 37.3 Å². The summed E-state index contributed by atoms with van der Waals surface area (Å²) in [6.07, 6.45) is -0.0541. The average molecular weight is 361 g/mol. The Labute approximate surface area is 146 Å². The summed E-state index contributed by atoms with van der Waals surface area (Å²) in [6, 6.07) is 12.3. The highest BCUT2D eigenvalue weighted by Crippen LogP contribution is 2.27. The number of benzene rings is 2. The molecule has 0 saturated carbocycles. The van der Waals surface area contributed by atoms with E-state index in [0.29, 0.717) is 5.56 Å². The first-order chi connectivity index (χ1) is 11.8. The minimum absolute atomic E-state index is 0.00619. The van der Waals surface area contributed by atoms with E-state index in [2.05, 4.69) is 5.32 Å². The summed E-state index contributed by atoms with van der Waals surface area (Å²) in [7, 11) is -3.45. The van der Waals surface area contributed by atoms with Crippen LogP contribution < -0.4 is 5.32 Å². The van der Waals surface area contributed by atoms with Gasteiger partial charge < -0.3 is 10.4 Å². The highest BCUT2D eigenvalue weighted by Gasteiger charge is 2.16. The highest BCUT2D eigenvalue weighted by atomic mass is 32.2. The molecule has 2 N–H and O–H groups in total. The Morgan fingerprint density at radius 3 is 2.36 bits per heavy atom. The van der Waals surface area contributed by atoms with Crippen molar-refractivity contribution in [2.45, 2.75) is 24.7 Å². The molecule has 25 heavy (non-hydrogen) atoms. The van der Waals surface area contributed by atoms with Gasteiger partial charge in [0.2, 0.25) is 5.91 Å². The minimum atomic E-state index is -3.45. The van der Waals surface area contributed by atoms with E-state index < -0.39 is 15.7 Å². The molecule has 0 bridgehead atoms. The Kier molecular flexibility index (Phi) is 5.93. The number of ketones is 1. The monoisotopic (exact) mass is 361 g/mol. The van der Waals surface area contributed by atoms with E-state index in [1.54, 1.807) is 30.3 Å². The van der Waals surface area contributed by atoms with Gasteiger partial charge in [-0.15, -0.1) is 0 Å². The Balaban J connectivity index is 2.03. The number of carbonyl (C=O) groups excluding carboxylic acids is 2. The maximum absolute atomic E-state index is 12.0. The minimum Gasteiger partial charge on any atom is -0.506 e. The molecular weight excluding hydrogens is 342 g/mol. The van der Waals surface area contributed by atoms with Crippen LogP contribution in [0.5, 0.6) is 5.75 Å². The van der Waals surface area contributed by atoms with Gasteiger partial charge in [-0.2, -0.15) is 0 Å². The summed E-state index contributed by atoms with van der Waals surface area (Å²) in [5.74, 6) is -0.970. The summed E-state index contributed by atoms with van der Waals surface area (Å²) >= 11 is 0. The second-order valence-corrected chi connectivity index (χ2v) is 7.70. The van der Waals surface area contributed by atoms with Crippen LogP contribution in [-0.2, 0) is 14.6 Å². The SMILES string of the molecule is CCS(=O)(=O)c1ccc(O)c(NC(=O)CCC(=O)c2ccccc2)c1. The van der Waals surface area contributed by atoms with Crippen LogP contribution in [0.4, 0.5) is 5.69 Å². The lowest BCUT2D eigenvalue weighted by Gasteiger charge is -2.09. The van der Waals surface area contributed by atoms with E-state index in [9.17, 15) is 23.1 Å². The highest BCUT2D eigenvalue weighted by molar-refractivity contribution is 7.91. The number of nitrogens with one attached hydrogen (secondary N) is 1. The van der Waals surface area contributed by atoms with Crippen LogP contribution in [0.1, 0.15) is 30.1 Å². The third kappa shape index (κ3) is 4.90. The van der Waals surface area contributed by atoms with Crippen LogP contribution >= 0.6 is 0 Å². The predicted octanol–water partition coefficient (Wildman–Crippen LogP) is 2.79. The fourth-order valence-electron chi connectivity index (χ4n) is 2.18. The van der Waals surface area contributed by atoms with Crippen molar-refractivity contribution in [3.05, 3.63) is 54.1 Å². The van der Waals surface area contributed by atoms with Crippen molar-refractivity contribution < 1.29 is 23.1 Å². The molecule has 2 aromatic rings. The molecule has 0 aromatic heterocycles. The zero-order valence-electron chi connectivity index (χ0n) is 13.7. The van der Waals surface area contributed by atoms with Gasteiger partial charge in [0, 0.05) is 18.4 Å². The van der Waals surface area contributed by atoms with E-state index in [-0.39, 0.29) is 40.7 Å². The lowest BCUT2D eigenvalue weighted by Crippen LogP contribution is -2.14. The molecule has 6 nitrogen and oxygen atoms in total. The Morgan fingerprint density at radius 1 is 1.04 bits per heavy atom. The van der Waals surface area contributed by atoms with Gasteiger partial charge in [0.05, 0.1) is 16.3 Å². The third-order valence-corrected chi connectivity index (χ3v) is 5.39. The van der Waals surface area contributed by atoms with E-state index in [4.69, 9.17) is 0 Å². The first kappa shape index (κ1) is 18.7. The normalized spacial score (nSPS) is 11.1. The van der Waals surface area contributed by atoms with Crippen molar-refractivity contribution >= 4 is 27.2 Å². The average Bonchev–Trinajstić information content (AvgIpc) is 2.62. The number of rotatable bonds is 7. The van der Waals surface area contributed by atoms with Gasteiger partial charge in [0.15, 0.2) is 15.6 Å². The summed E-state index contributed by atoms with van der Waals surface area (Å²) in [5.41, 5.74) is 0.529. The van der Waals surface area contributed by atoms with Crippen molar-refractivity contribution in [3.63, 3.8) is 0 Å². The van der Waals surface area contributed by atoms with Crippen molar-refractivity contribution in [3.8, 4) is 5.75 Å². The number of phenols is 1. The number of carbonyl (C=O) groups is 2. The Hall–Kier alpha value is -2.67. The van der Waals surface area contributed by atoms with Crippen LogP contribution in [0, 0.1) is 0 Å². The lowest BCUT2D eigenvalue weighted by molar-refractivity contribution is -0.116. The van der Waals surface area contributed by atoms with Gasteiger partial charge in [-0.05, 0) is 18.2 Å². The molecule has 1 amide bonds. The van der Waals surface area contributed by atoms with E-state index in [1.807, 2.05) is 0 Å². The summed E-state index contributed by atoms with van der Waals surface area (Å²) in [5, 5.41) is 12.2. The molecule has 0 saturated heterocycles. The van der Waals surface area contributed by atoms with Gasteiger partial charge in [-0.3, -0.25) is 9.59 Å². The molecule has 0 aliphatic heterocycles. The first-order valence-corrected chi connectivity index (χ1v) is 9.42. The molecule has 0 aliphatic carbocycles. The molecule has 0 fully saturated rings. The maximum atomic E-state index is 12.0. The summed E-state index contributed by atoms with van der Waals surface area (Å²) < 4.78 is 23.8. The summed E-state index contributed by atoms with van der Waals surface area (Å²) in [6.45, 7) is 1.51. The number of amides is 1. The summed E-state index contributed by atoms with van der Waals surface area (Å²) in [4.78, 5) is 24.0. The zero-order chi connectivity index (χ0) is 18.4. The zero-order valence-corrected chi connectivity index (χ0v) is 14.5. The van der Waals surface area contributed by atoms with Gasteiger partial charge in [0.1, 0.15) is 5.75 Å². The molecule has 7 heteroatoms. The molecule has 0 aliphatic rings. The van der Waals surface area contributed by atoms with E-state index in [0.717, 1.165) is 0 Å². The van der Waals surface area contributed by atoms with E-state index >= 15 is 0 Å². The molecular formula is C18H19NO5S. The quantitative estimate of drug-likeness (QED) is 0.583. The largest absolute Gasteiger partial charge is 0.506 e. The second-order valence-electron chi connectivity index (χ2n) is 5.42. The standard InChI is InChI=1S/C18H19NO5S/c1-2-25(23,24)14-8-9-17(21)15(12-14)19-18(22)11-10-16(20)13-6-4-3-5-7-13/h3-9,12,21H,2,10-11H2,1H3,(H,19,22).